The molecular weight excluding hydrogens is 482 g/mol. The average molecular weight is 510 g/mol. The van der Waals surface area contributed by atoms with Crippen LogP contribution in [0.5, 0.6) is 5.75 Å². The smallest absolute Gasteiger partial charge is 0.414 e. The van der Waals surface area contributed by atoms with Crippen LogP contribution in [0, 0.1) is 0 Å². The lowest BCUT2D eigenvalue weighted by molar-refractivity contribution is -0.138. The molecule has 0 bridgehead atoms. The van der Waals surface area contributed by atoms with E-state index in [0.717, 1.165) is 5.56 Å². The molecule has 0 spiro atoms. The maximum absolute atomic E-state index is 12.2. The number of hydrogen-bond acceptors (Lipinski definition) is 10. The molecule has 2 atom stereocenters. The van der Waals surface area contributed by atoms with Gasteiger partial charge in [-0.3, -0.25) is 10.0 Å². The van der Waals surface area contributed by atoms with Crippen molar-refractivity contribution in [2.24, 2.45) is 0 Å². The number of nitrogens with one attached hydrogen (secondary N) is 3. The third-order valence-electron chi connectivity index (χ3n) is 5.12. The van der Waals surface area contributed by atoms with E-state index in [1.807, 2.05) is 30.3 Å². The minimum Gasteiger partial charge on any atom is -0.480 e. The largest absolute Gasteiger partial charge is 0.480 e. The van der Waals surface area contributed by atoms with Crippen LogP contribution >= 0.6 is 0 Å². The Bertz CT molecular complexity index is 1210. The second-order valence-corrected chi connectivity index (χ2v) is 8.14. The standard InChI is InChI=1S/C24H27N7O6/c1-31(2)24(35)37-17-10-8-16(9-11-17)13-19(21(33)34)28-23-26-14-25-22(29-23)27-18(20(32)30-36)12-15-6-4-3-5-7-15/h3-11,14,18-19,36H,12-13H2,1-2H3,(H,30,32)(H,33,34)(H2,25,26,27,28,29)/t18?,19-/m0/s1. The molecular formula is C24H27N7O6. The van der Waals surface area contributed by atoms with Gasteiger partial charge >= 0.3 is 12.1 Å². The van der Waals surface area contributed by atoms with Gasteiger partial charge in [0.2, 0.25) is 11.9 Å². The lowest BCUT2D eigenvalue weighted by Crippen LogP contribution is -2.40. The molecule has 0 aliphatic heterocycles. The summed E-state index contributed by atoms with van der Waals surface area (Å²) in [5.74, 6) is -1.52. The van der Waals surface area contributed by atoms with E-state index in [1.54, 1.807) is 43.8 Å². The number of benzene rings is 2. The van der Waals surface area contributed by atoms with Gasteiger partial charge in [0, 0.05) is 26.9 Å². The van der Waals surface area contributed by atoms with Crippen LogP contribution in [0.4, 0.5) is 16.7 Å². The Kier molecular flexibility index (Phi) is 9.27. The molecule has 0 saturated carbocycles. The van der Waals surface area contributed by atoms with Gasteiger partial charge in [-0.2, -0.15) is 4.98 Å². The number of nitrogens with zero attached hydrogens (tertiary/aromatic N) is 4. The maximum atomic E-state index is 12.2. The van der Waals surface area contributed by atoms with Crippen LogP contribution in [-0.4, -0.2) is 74.3 Å². The summed E-state index contributed by atoms with van der Waals surface area (Å²) in [4.78, 5) is 49.1. The number of hydroxylamine groups is 1. The summed E-state index contributed by atoms with van der Waals surface area (Å²) in [6, 6.07) is 13.6. The van der Waals surface area contributed by atoms with Crippen LogP contribution in [0.2, 0.25) is 0 Å². The van der Waals surface area contributed by atoms with Gasteiger partial charge in [0.1, 0.15) is 24.2 Å². The van der Waals surface area contributed by atoms with Crippen molar-refractivity contribution in [2.75, 3.05) is 24.7 Å². The fraction of sp³-hybridized carbons (Fsp3) is 0.250. The van der Waals surface area contributed by atoms with E-state index in [-0.39, 0.29) is 24.7 Å². The molecule has 0 radical (unpaired) electrons. The molecule has 0 aliphatic rings. The minimum atomic E-state index is -1.14. The second kappa shape index (κ2) is 12.8. The van der Waals surface area contributed by atoms with E-state index in [2.05, 4.69) is 25.6 Å². The Labute approximate surface area is 212 Å². The van der Waals surface area contributed by atoms with Crippen LogP contribution < -0.4 is 20.9 Å². The molecule has 1 unspecified atom stereocenters. The molecule has 0 fully saturated rings. The van der Waals surface area contributed by atoms with Crippen molar-refractivity contribution in [2.45, 2.75) is 24.9 Å². The number of amides is 2. The Balaban J connectivity index is 1.68. The molecule has 1 aromatic heterocycles. The zero-order chi connectivity index (χ0) is 26.8. The maximum Gasteiger partial charge on any atom is 0.414 e. The highest BCUT2D eigenvalue weighted by atomic mass is 16.6. The monoisotopic (exact) mass is 509 g/mol. The van der Waals surface area contributed by atoms with Crippen molar-refractivity contribution < 1.29 is 29.4 Å². The normalized spacial score (nSPS) is 12.1. The van der Waals surface area contributed by atoms with Crippen molar-refractivity contribution in [1.29, 1.82) is 0 Å². The molecule has 5 N–H and O–H groups in total. The summed E-state index contributed by atoms with van der Waals surface area (Å²) in [5, 5.41) is 24.4. The molecule has 3 rings (SSSR count). The predicted octanol–water partition coefficient (Wildman–Crippen LogP) is 1.57. The van der Waals surface area contributed by atoms with Crippen LogP contribution in [0.25, 0.3) is 0 Å². The number of ether oxygens (including phenoxy) is 1. The van der Waals surface area contributed by atoms with Crippen LogP contribution in [-0.2, 0) is 22.4 Å². The highest BCUT2D eigenvalue weighted by molar-refractivity contribution is 5.83. The van der Waals surface area contributed by atoms with E-state index < -0.39 is 30.1 Å². The molecule has 0 saturated heterocycles. The van der Waals surface area contributed by atoms with Crippen LogP contribution in [0.1, 0.15) is 11.1 Å². The first kappa shape index (κ1) is 26.8. The molecule has 37 heavy (non-hydrogen) atoms. The molecule has 13 nitrogen and oxygen atoms in total. The van der Waals surface area contributed by atoms with Crippen LogP contribution in [0.3, 0.4) is 0 Å². The number of aromatic nitrogens is 3. The fourth-order valence-electron chi connectivity index (χ4n) is 3.21. The summed E-state index contributed by atoms with van der Waals surface area (Å²) >= 11 is 0. The molecule has 0 aliphatic carbocycles. The van der Waals surface area contributed by atoms with Gasteiger partial charge in [0.25, 0.3) is 5.91 Å². The molecule has 2 amide bonds. The Morgan fingerprint density at radius 1 is 0.892 bits per heavy atom. The van der Waals surface area contributed by atoms with E-state index in [0.29, 0.717) is 11.3 Å². The lowest BCUT2D eigenvalue weighted by Gasteiger charge is -2.18. The van der Waals surface area contributed by atoms with E-state index in [4.69, 9.17) is 9.94 Å². The number of anilines is 2. The highest BCUT2D eigenvalue weighted by Crippen LogP contribution is 2.16. The molecule has 13 heteroatoms. The van der Waals surface area contributed by atoms with Gasteiger partial charge in [0.15, 0.2) is 0 Å². The number of carbonyl (C=O) groups excluding carboxylic acids is 2. The molecule has 194 valence electrons. The van der Waals surface area contributed by atoms with Gasteiger partial charge in [-0.25, -0.2) is 25.0 Å². The average Bonchev–Trinajstić information content (AvgIpc) is 2.89. The zero-order valence-electron chi connectivity index (χ0n) is 20.2. The molecule has 3 aromatic rings. The van der Waals surface area contributed by atoms with Gasteiger partial charge in [-0.1, -0.05) is 42.5 Å². The third-order valence-corrected chi connectivity index (χ3v) is 5.12. The predicted molar refractivity (Wildman–Crippen MR) is 132 cm³/mol. The van der Waals surface area contributed by atoms with Crippen LogP contribution in [0.15, 0.2) is 60.9 Å². The summed E-state index contributed by atoms with van der Waals surface area (Å²) in [6.07, 6.45) is 0.953. The lowest BCUT2D eigenvalue weighted by atomic mass is 10.1. The SMILES string of the molecule is CN(C)C(=O)Oc1ccc(C[C@H](Nc2ncnc(NC(Cc3ccccc3)C(=O)NO)n2)C(=O)O)cc1. The van der Waals surface area contributed by atoms with Crippen molar-refractivity contribution >= 4 is 29.9 Å². The molecule has 1 heterocycles. The minimum absolute atomic E-state index is 0.0123. The number of rotatable bonds is 11. The van der Waals surface area contributed by atoms with Crippen molar-refractivity contribution in [1.82, 2.24) is 25.3 Å². The van der Waals surface area contributed by atoms with E-state index >= 15 is 0 Å². The Hall–Kier alpha value is -4.78. The first-order chi connectivity index (χ1) is 17.7. The van der Waals surface area contributed by atoms with Gasteiger partial charge in [-0.05, 0) is 23.3 Å². The number of carboxylic acids is 1. The number of carbonyl (C=O) groups is 3. The van der Waals surface area contributed by atoms with Crippen molar-refractivity contribution in [3.8, 4) is 5.75 Å². The highest BCUT2D eigenvalue weighted by Gasteiger charge is 2.22. The van der Waals surface area contributed by atoms with E-state index in [1.165, 1.54) is 11.2 Å². The van der Waals surface area contributed by atoms with Gasteiger partial charge in [0.05, 0.1) is 0 Å². The third kappa shape index (κ3) is 8.14. The Morgan fingerprint density at radius 3 is 2.03 bits per heavy atom. The summed E-state index contributed by atoms with van der Waals surface area (Å²) < 4.78 is 5.16. The first-order valence-electron chi connectivity index (χ1n) is 11.2. The summed E-state index contributed by atoms with van der Waals surface area (Å²) in [6.45, 7) is 0. The second-order valence-electron chi connectivity index (χ2n) is 8.14. The summed E-state index contributed by atoms with van der Waals surface area (Å²) in [7, 11) is 3.12. The van der Waals surface area contributed by atoms with E-state index in [9.17, 15) is 19.5 Å². The fourth-order valence-corrected chi connectivity index (χ4v) is 3.21. The summed E-state index contributed by atoms with van der Waals surface area (Å²) in [5.41, 5.74) is 3.12. The van der Waals surface area contributed by atoms with Crippen molar-refractivity contribution in [3.05, 3.63) is 72.1 Å². The van der Waals surface area contributed by atoms with Gasteiger partial charge in [-0.15, -0.1) is 0 Å². The Morgan fingerprint density at radius 2 is 1.46 bits per heavy atom. The first-order valence-corrected chi connectivity index (χ1v) is 11.2. The molecule has 2 aromatic carbocycles. The quantitative estimate of drug-likeness (QED) is 0.187. The number of hydrogen-bond donors (Lipinski definition) is 5. The van der Waals surface area contributed by atoms with Crippen molar-refractivity contribution in [3.63, 3.8) is 0 Å². The number of aliphatic carboxylic acids is 1. The number of carboxylic acid groups (broad SMARTS) is 1. The topological polar surface area (TPSA) is 179 Å². The van der Waals surface area contributed by atoms with Gasteiger partial charge < -0.3 is 25.4 Å². The zero-order valence-corrected chi connectivity index (χ0v) is 20.2.